The molecule has 0 amide bonds. The summed E-state index contributed by atoms with van der Waals surface area (Å²) in [5.74, 6) is 1.31. The summed E-state index contributed by atoms with van der Waals surface area (Å²) < 4.78 is 32.6. The van der Waals surface area contributed by atoms with Crippen LogP contribution in [-0.2, 0) is 23.9 Å². The second-order valence-corrected chi connectivity index (χ2v) is 18.0. The van der Waals surface area contributed by atoms with E-state index in [1.807, 2.05) is 20.8 Å². The number of ketones is 2. The van der Waals surface area contributed by atoms with Gasteiger partial charge in [0.05, 0.1) is 11.0 Å². The topological polar surface area (TPSA) is 77.5 Å². The molecule has 2 fully saturated rings. The highest BCUT2D eigenvalue weighted by atomic mass is 32.2. The molecule has 0 N–H and O–H groups in total. The lowest BCUT2D eigenvalue weighted by molar-refractivity contribution is -0.140. The molecule has 0 aliphatic heterocycles. The maximum atomic E-state index is 14.4. The van der Waals surface area contributed by atoms with Gasteiger partial charge in [-0.15, -0.1) is 0 Å². The van der Waals surface area contributed by atoms with Gasteiger partial charge in [0.2, 0.25) is 0 Å². The van der Waals surface area contributed by atoms with Gasteiger partial charge in [-0.25, -0.2) is 0 Å². The number of Topliss-reactive ketones (excluding diaryl/α,β-unsaturated/α-hetero) is 2. The fraction of sp³-hybridized carbons (Fsp3) is 0.684. The van der Waals surface area contributed by atoms with Crippen molar-refractivity contribution in [2.24, 2.45) is 45.3 Å². The van der Waals surface area contributed by atoms with Crippen molar-refractivity contribution in [2.75, 3.05) is 0 Å². The first-order valence-corrected chi connectivity index (χ1v) is 18.2. The van der Waals surface area contributed by atoms with Crippen molar-refractivity contribution in [3.8, 4) is 0 Å². The van der Waals surface area contributed by atoms with Gasteiger partial charge in [-0.3, -0.25) is 13.8 Å². The number of benzene rings is 1. The van der Waals surface area contributed by atoms with Crippen molar-refractivity contribution in [3.05, 3.63) is 53.1 Å². The zero-order chi connectivity index (χ0) is 32.6. The zero-order valence-electron chi connectivity index (χ0n) is 28.5. The molecule has 0 heterocycles. The van der Waals surface area contributed by atoms with Gasteiger partial charge in [-0.1, -0.05) is 85.2 Å². The number of carbonyl (C=O) groups excluding carboxylic acids is 2. The third kappa shape index (κ3) is 5.01. The van der Waals surface area contributed by atoms with Gasteiger partial charge in [-0.2, -0.15) is 8.42 Å². The third-order valence-corrected chi connectivity index (χ3v) is 14.6. The molecule has 1 aromatic rings. The van der Waals surface area contributed by atoms with Gasteiger partial charge in [0.25, 0.3) is 10.1 Å². The fourth-order valence-electron chi connectivity index (χ4n) is 10.1. The highest BCUT2D eigenvalue weighted by Crippen LogP contribution is 2.71. The summed E-state index contributed by atoms with van der Waals surface area (Å²) in [5.41, 5.74) is 2.08. The minimum Gasteiger partial charge on any atom is -0.295 e. The zero-order valence-corrected chi connectivity index (χ0v) is 29.3. The summed E-state index contributed by atoms with van der Waals surface area (Å²) in [6.07, 6.45) is 5.35. The number of fused-ring (bicyclic) bond motifs is 4. The van der Waals surface area contributed by atoms with Crippen LogP contribution in [0.2, 0.25) is 0 Å². The van der Waals surface area contributed by atoms with Gasteiger partial charge in [-0.05, 0) is 92.1 Å². The van der Waals surface area contributed by atoms with Gasteiger partial charge < -0.3 is 0 Å². The minimum atomic E-state index is -3.98. The van der Waals surface area contributed by atoms with Gasteiger partial charge >= 0.3 is 0 Å². The first kappa shape index (κ1) is 33.3. The van der Waals surface area contributed by atoms with E-state index in [1.165, 1.54) is 5.57 Å². The number of allylic oxidation sites excluding steroid dienone is 3. The number of carbonyl (C=O) groups is 2. The molecule has 7 atom stereocenters. The van der Waals surface area contributed by atoms with E-state index in [4.69, 9.17) is 4.18 Å². The predicted molar refractivity (Wildman–Crippen MR) is 175 cm³/mol. The lowest BCUT2D eigenvalue weighted by Crippen LogP contribution is -2.59. The Morgan fingerprint density at radius 1 is 0.955 bits per heavy atom. The number of hydrogen-bond donors (Lipinski definition) is 0. The van der Waals surface area contributed by atoms with Gasteiger partial charge in [0, 0.05) is 34.8 Å². The number of aryl methyl sites for hydroxylation is 1. The molecule has 5 nitrogen and oxygen atoms in total. The van der Waals surface area contributed by atoms with Crippen LogP contribution in [0.1, 0.15) is 112 Å². The molecule has 5 rings (SSSR count). The van der Waals surface area contributed by atoms with E-state index >= 15 is 0 Å². The number of hydrogen-bond acceptors (Lipinski definition) is 5. The molecule has 2 saturated carbocycles. The Hall–Kier alpha value is -2.05. The lowest BCUT2D eigenvalue weighted by atomic mass is 9.43. The smallest absolute Gasteiger partial charge is 0.295 e. The molecule has 0 saturated heterocycles. The predicted octanol–water partition coefficient (Wildman–Crippen LogP) is 8.80. The molecule has 4 aliphatic carbocycles. The Morgan fingerprint density at radius 2 is 1.59 bits per heavy atom. The SMILES string of the molecule is C=C(CC[C@H](C)[C@@H]1CC[C@]2(C)C3=C(C(=O)C[C@@]12C)[C@@]1(C)CC[C@H](OS(=O)(=O)c2ccc(C)cc2)C(C)(C)[C@@H]1CC3=O)C(C)C. The molecule has 44 heavy (non-hydrogen) atoms. The summed E-state index contributed by atoms with van der Waals surface area (Å²) in [6, 6.07) is 6.71. The summed E-state index contributed by atoms with van der Waals surface area (Å²) in [5, 5.41) is 0. The maximum absolute atomic E-state index is 14.4. The van der Waals surface area contributed by atoms with Crippen molar-refractivity contribution >= 4 is 21.7 Å². The first-order valence-electron chi connectivity index (χ1n) is 16.8. The second kappa shape index (κ2) is 11.0. The van der Waals surface area contributed by atoms with E-state index < -0.39 is 27.1 Å². The van der Waals surface area contributed by atoms with Crippen molar-refractivity contribution < 1.29 is 22.2 Å². The third-order valence-electron chi connectivity index (χ3n) is 13.3. The summed E-state index contributed by atoms with van der Waals surface area (Å²) >= 11 is 0. The normalized spacial score (nSPS) is 35.7. The Labute approximate surface area is 266 Å². The molecule has 242 valence electrons. The van der Waals surface area contributed by atoms with E-state index in [-0.39, 0.29) is 33.2 Å². The maximum Gasteiger partial charge on any atom is 0.297 e. The molecule has 0 aromatic heterocycles. The van der Waals surface area contributed by atoms with Crippen LogP contribution in [0, 0.1) is 52.3 Å². The Bertz CT molecular complexity index is 1500. The highest BCUT2D eigenvalue weighted by molar-refractivity contribution is 7.86. The van der Waals surface area contributed by atoms with Crippen LogP contribution in [-0.4, -0.2) is 26.1 Å². The standard InChI is InChI=1S/C38H54O5S/c1-23(2)25(4)13-14-26(5)28-17-20-37(9)34-29(39)21-31-35(6,7)32(43-44(41,42)27-15-11-24(3)12-16-27)18-19-36(31,8)33(34)30(40)22-38(28,37)10/h11-12,15-16,23,26,28,31-32H,4,13-14,17-22H2,1-3,5-10H3/t26-,28-,31-,32-,36-,37+,38-/m0/s1. The molecular formula is C38H54O5S. The summed E-state index contributed by atoms with van der Waals surface area (Å²) in [4.78, 5) is 29.0. The van der Waals surface area contributed by atoms with E-state index in [1.54, 1.807) is 24.3 Å². The largest absolute Gasteiger partial charge is 0.297 e. The van der Waals surface area contributed by atoms with E-state index in [0.29, 0.717) is 43.4 Å². The first-order chi connectivity index (χ1) is 20.3. The Morgan fingerprint density at radius 3 is 2.20 bits per heavy atom. The van der Waals surface area contributed by atoms with Gasteiger partial charge in [0.15, 0.2) is 11.6 Å². The Kier molecular flexibility index (Phi) is 8.36. The van der Waals surface area contributed by atoms with Crippen molar-refractivity contribution in [1.82, 2.24) is 0 Å². The molecule has 4 aliphatic rings. The van der Waals surface area contributed by atoms with Crippen LogP contribution in [0.5, 0.6) is 0 Å². The lowest BCUT2D eigenvalue weighted by Gasteiger charge is -2.60. The van der Waals surface area contributed by atoms with Crippen LogP contribution in [0.15, 0.2) is 52.5 Å². The van der Waals surface area contributed by atoms with Crippen LogP contribution in [0.25, 0.3) is 0 Å². The van der Waals surface area contributed by atoms with Crippen LogP contribution >= 0.6 is 0 Å². The fourth-order valence-corrected chi connectivity index (χ4v) is 11.3. The van der Waals surface area contributed by atoms with Crippen LogP contribution in [0.3, 0.4) is 0 Å². The van der Waals surface area contributed by atoms with Crippen LogP contribution < -0.4 is 0 Å². The monoisotopic (exact) mass is 622 g/mol. The Balaban J connectivity index is 1.46. The van der Waals surface area contributed by atoms with Gasteiger partial charge in [0.1, 0.15) is 0 Å². The van der Waals surface area contributed by atoms with E-state index in [0.717, 1.165) is 42.4 Å². The molecule has 0 spiro atoms. The summed E-state index contributed by atoms with van der Waals surface area (Å²) in [6.45, 7) is 23.7. The average Bonchev–Trinajstić information content (AvgIpc) is 3.20. The average molecular weight is 623 g/mol. The van der Waals surface area contributed by atoms with Crippen LogP contribution in [0.4, 0.5) is 0 Å². The molecule has 6 heteroatoms. The molecule has 0 unspecified atom stereocenters. The van der Waals surface area contributed by atoms with Crippen molar-refractivity contribution in [3.63, 3.8) is 0 Å². The molecular weight excluding hydrogens is 568 g/mol. The second-order valence-electron chi connectivity index (χ2n) is 16.4. The minimum absolute atomic E-state index is 0.0841. The van der Waals surface area contributed by atoms with Crippen molar-refractivity contribution in [1.29, 1.82) is 0 Å². The van der Waals surface area contributed by atoms with Crippen molar-refractivity contribution in [2.45, 2.75) is 125 Å². The van der Waals surface area contributed by atoms with E-state index in [2.05, 4.69) is 48.1 Å². The highest BCUT2D eigenvalue weighted by Gasteiger charge is 2.67. The quantitative estimate of drug-likeness (QED) is 0.214. The number of rotatable bonds is 8. The summed E-state index contributed by atoms with van der Waals surface area (Å²) in [7, 11) is -3.98. The molecule has 1 aromatic carbocycles. The molecule has 0 radical (unpaired) electrons. The van der Waals surface area contributed by atoms with E-state index in [9.17, 15) is 18.0 Å². The molecule has 0 bridgehead atoms.